The van der Waals surface area contributed by atoms with E-state index in [9.17, 15) is 0 Å². The van der Waals surface area contributed by atoms with Crippen molar-refractivity contribution in [2.75, 3.05) is 4.90 Å². The van der Waals surface area contributed by atoms with Gasteiger partial charge in [-0.3, -0.25) is 0 Å². The predicted molar refractivity (Wildman–Crippen MR) is 289 cm³/mol. The molecular weight excluding hydrogens is 855 g/mol. The zero-order valence-corrected chi connectivity index (χ0v) is 38.9. The largest absolute Gasteiger partial charge is 0.455 e. The molecule has 3 aliphatic rings. The second-order valence-electron chi connectivity index (χ2n) is 19.5. The van der Waals surface area contributed by atoms with E-state index in [1.807, 2.05) is 11.3 Å². The molecule has 0 fully saturated rings. The second-order valence-corrected chi connectivity index (χ2v) is 20.6. The summed E-state index contributed by atoms with van der Waals surface area (Å²) < 4.78 is 9.86. The quantitative estimate of drug-likeness (QED) is 0.175. The van der Waals surface area contributed by atoms with Gasteiger partial charge in [0.2, 0.25) is 0 Å². The van der Waals surface area contributed by atoms with Crippen LogP contribution in [0.2, 0.25) is 0 Å². The van der Waals surface area contributed by atoms with Gasteiger partial charge in [-0.15, -0.1) is 11.3 Å². The lowest BCUT2D eigenvalue weighted by Gasteiger charge is -2.40. The molecule has 1 aromatic heterocycles. The third-order valence-electron chi connectivity index (χ3n) is 15.7. The van der Waals surface area contributed by atoms with Gasteiger partial charge in [0, 0.05) is 64.5 Å². The van der Waals surface area contributed by atoms with Crippen molar-refractivity contribution in [1.29, 1.82) is 0 Å². The Hall–Kier alpha value is -8.24. The van der Waals surface area contributed by atoms with Crippen LogP contribution in [0.3, 0.4) is 0 Å². The first-order valence-corrected chi connectivity index (χ1v) is 24.8. The molecular formula is C66H43NOS. The van der Waals surface area contributed by atoms with E-state index in [2.05, 4.69) is 243 Å². The molecule has 324 valence electrons. The van der Waals surface area contributed by atoms with Gasteiger partial charge in [0.05, 0.1) is 5.41 Å². The SMILES string of the molecule is CC1(C)c2ccccc2-c2cc(N(c3cccc(-c4ccc5c(c4)C4(c6ccccc6-5)c5ccc6ccccc6c5Oc5c4ccc4ccccc54)c3)c3ccc4sc5ccccc5c4c3)ccc21. The second kappa shape index (κ2) is 14.1. The van der Waals surface area contributed by atoms with E-state index in [1.165, 1.54) is 92.1 Å². The van der Waals surface area contributed by atoms with Crippen molar-refractivity contribution >= 4 is 70.1 Å². The van der Waals surface area contributed by atoms with Crippen molar-refractivity contribution < 1.29 is 4.74 Å². The average molecular weight is 898 g/mol. The molecule has 0 N–H and O–H groups in total. The summed E-state index contributed by atoms with van der Waals surface area (Å²) >= 11 is 1.86. The molecule has 69 heavy (non-hydrogen) atoms. The molecule has 0 saturated heterocycles. The average Bonchev–Trinajstić information content (AvgIpc) is 3.99. The first-order chi connectivity index (χ1) is 33.9. The molecule has 11 aromatic carbocycles. The van der Waals surface area contributed by atoms with Crippen LogP contribution in [0.25, 0.3) is 75.1 Å². The van der Waals surface area contributed by atoms with Crippen molar-refractivity contribution in [3.63, 3.8) is 0 Å². The van der Waals surface area contributed by atoms with Crippen LogP contribution in [0.5, 0.6) is 11.5 Å². The maximum atomic E-state index is 7.26. The van der Waals surface area contributed by atoms with Gasteiger partial charge >= 0.3 is 0 Å². The molecule has 0 saturated carbocycles. The number of rotatable bonds is 4. The summed E-state index contributed by atoms with van der Waals surface area (Å²) in [4.78, 5) is 2.47. The van der Waals surface area contributed by atoms with Gasteiger partial charge in [-0.1, -0.05) is 184 Å². The number of nitrogens with zero attached hydrogens (tertiary/aromatic N) is 1. The number of hydrogen-bond donors (Lipinski definition) is 0. The van der Waals surface area contributed by atoms with Gasteiger partial charge in [0.25, 0.3) is 0 Å². The number of thiophene rings is 1. The Morgan fingerprint density at radius 3 is 1.67 bits per heavy atom. The molecule has 2 heterocycles. The first kappa shape index (κ1) is 38.8. The molecule has 1 spiro atoms. The fraction of sp³-hybridized carbons (Fsp3) is 0.0606. The van der Waals surface area contributed by atoms with Gasteiger partial charge in [0.1, 0.15) is 11.5 Å². The van der Waals surface area contributed by atoms with Crippen molar-refractivity contribution in [1.82, 2.24) is 0 Å². The van der Waals surface area contributed by atoms with Crippen molar-refractivity contribution in [2.24, 2.45) is 0 Å². The Bertz CT molecular complexity index is 4090. The molecule has 2 nitrogen and oxygen atoms in total. The van der Waals surface area contributed by atoms with E-state index in [4.69, 9.17) is 4.74 Å². The first-order valence-electron chi connectivity index (χ1n) is 24.0. The van der Waals surface area contributed by atoms with Crippen LogP contribution in [0.1, 0.15) is 47.2 Å². The fourth-order valence-electron chi connectivity index (χ4n) is 12.6. The third-order valence-corrected chi connectivity index (χ3v) is 16.8. The fourth-order valence-corrected chi connectivity index (χ4v) is 13.6. The molecule has 0 unspecified atom stereocenters. The van der Waals surface area contributed by atoms with E-state index in [1.54, 1.807) is 0 Å². The Morgan fingerprint density at radius 1 is 0.348 bits per heavy atom. The van der Waals surface area contributed by atoms with Gasteiger partial charge in [0.15, 0.2) is 0 Å². The monoisotopic (exact) mass is 897 g/mol. The van der Waals surface area contributed by atoms with E-state index >= 15 is 0 Å². The topological polar surface area (TPSA) is 12.5 Å². The van der Waals surface area contributed by atoms with Crippen LogP contribution in [0.4, 0.5) is 17.1 Å². The van der Waals surface area contributed by atoms with Crippen LogP contribution >= 0.6 is 11.3 Å². The summed E-state index contributed by atoms with van der Waals surface area (Å²) in [7, 11) is 0. The van der Waals surface area contributed by atoms with Gasteiger partial charge in [-0.25, -0.2) is 0 Å². The van der Waals surface area contributed by atoms with Gasteiger partial charge in [-0.05, 0) is 121 Å². The highest BCUT2D eigenvalue weighted by atomic mass is 32.1. The Kier molecular flexibility index (Phi) is 7.96. The maximum Gasteiger partial charge on any atom is 0.140 e. The minimum Gasteiger partial charge on any atom is -0.455 e. The molecule has 1 aliphatic heterocycles. The zero-order chi connectivity index (χ0) is 45.6. The predicted octanol–water partition coefficient (Wildman–Crippen LogP) is 18.3. The smallest absolute Gasteiger partial charge is 0.140 e. The van der Waals surface area contributed by atoms with Crippen LogP contribution in [-0.4, -0.2) is 0 Å². The van der Waals surface area contributed by atoms with Crippen molar-refractivity contribution in [3.8, 4) is 44.9 Å². The summed E-state index contributed by atoms with van der Waals surface area (Å²) in [6.45, 7) is 4.71. The molecule has 3 heteroatoms. The van der Waals surface area contributed by atoms with Crippen LogP contribution in [0, 0.1) is 0 Å². The lowest BCUT2D eigenvalue weighted by Crippen LogP contribution is -2.32. The van der Waals surface area contributed by atoms with Crippen LogP contribution in [-0.2, 0) is 10.8 Å². The molecule has 12 aromatic rings. The number of hydrogen-bond acceptors (Lipinski definition) is 3. The summed E-state index contributed by atoms with van der Waals surface area (Å²) in [6.07, 6.45) is 0. The molecule has 0 radical (unpaired) electrons. The van der Waals surface area contributed by atoms with E-state index in [0.717, 1.165) is 44.9 Å². The molecule has 0 atom stereocenters. The van der Waals surface area contributed by atoms with Crippen LogP contribution in [0.15, 0.2) is 224 Å². The Labute approximate surface area is 405 Å². The normalized spacial score (nSPS) is 14.3. The minimum atomic E-state index is -0.629. The molecule has 2 aliphatic carbocycles. The molecule has 0 bridgehead atoms. The van der Waals surface area contributed by atoms with Crippen LogP contribution < -0.4 is 9.64 Å². The van der Waals surface area contributed by atoms with Gasteiger partial charge < -0.3 is 9.64 Å². The molecule has 15 rings (SSSR count). The Morgan fingerprint density at radius 2 is 0.899 bits per heavy atom. The molecule has 0 amide bonds. The third kappa shape index (κ3) is 5.31. The zero-order valence-electron chi connectivity index (χ0n) is 38.1. The van der Waals surface area contributed by atoms with E-state index in [0.29, 0.717) is 0 Å². The number of fused-ring (bicyclic) bond motifs is 19. The van der Waals surface area contributed by atoms with E-state index < -0.39 is 5.41 Å². The number of benzene rings is 11. The standard InChI is InChI=1S/C66H43NOS/c1-65(2)55-23-10-7-21-50(55)53-38-45(29-34-56(53)65)67(46-30-35-62-54(39-46)52-22-9-12-25-61(52)69-62)44-17-13-16-42(36-44)43-26-31-51-49-20-8-11-24-57(49)66(60(51)37-43)58-32-27-40-14-3-5-18-47(40)63(58)68-64-48-19-6-4-15-41(48)28-33-59(64)66/h3-39H,1-2H3. The Balaban J connectivity index is 0.953. The lowest BCUT2D eigenvalue weighted by molar-refractivity contribution is 0.447. The number of ether oxygens (including phenoxy) is 1. The van der Waals surface area contributed by atoms with Gasteiger partial charge in [-0.2, -0.15) is 0 Å². The highest BCUT2D eigenvalue weighted by Crippen LogP contribution is 2.64. The van der Waals surface area contributed by atoms with Crippen molar-refractivity contribution in [2.45, 2.75) is 24.7 Å². The summed E-state index contributed by atoms with van der Waals surface area (Å²) in [5.41, 5.74) is 17.8. The highest BCUT2D eigenvalue weighted by Gasteiger charge is 2.52. The minimum absolute atomic E-state index is 0.0834. The van der Waals surface area contributed by atoms with Crippen molar-refractivity contribution in [3.05, 3.63) is 258 Å². The number of anilines is 3. The maximum absolute atomic E-state index is 7.26. The van der Waals surface area contributed by atoms with E-state index in [-0.39, 0.29) is 5.41 Å². The lowest BCUT2D eigenvalue weighted by atomic mass is 9.65. The summed E-state index contributed by atoms with van der Waals surface area (Å²) in [5.74, 6) is 1.86. The summed E-state index contributed by atoms with van der Waals surface area (Å²) in [6, 6.07) is 83.8. The summed E-state index contributed by atoms with van der Waals surface area (Å²) in [5, 5.41) is 7.15. The highest BCUT2D eigenvalue weighted by molar-refractivity contribution is 7.25.